The zero-order valence-electron chi connectivity index (χ0n) is 8.31. The van der Waals surface area contributed by atoms with Gasteiger partial charge in [-0.3, -0.25) is 4.79 Å². The fourth-order valence-corrected chi connectivity index (χ4v) is 1.39. The van der Waals surface area contributed by atoms with Crippen molar-refractivity contribution in [3.8, 4) is 0 Å². The number of carbonyl (C=O) groups is 1. The van der Waals surface area contributed by atoms with Crippen LogP contribution in [0.5, 0.6) is 0 Å². The van der Waals surface area contributed by atoms with Gasteiger partial charge in [-0.25, -0.2) is 4.98 Å². The highest BCUT2D eigenvalue weighted by Gasteiger charge is 2.13. The van der Waals surface area contributed by atoms with Crippen LogP contribution >= 0.6 is 0 Å². The van der Waals surface area contributed by atoms with Gasteiger partial charge in [-0.15, -0.1) is 0 Å². The van der Waals surface area contributed by atoms with E-state index < -0.39 is 0 Å². The molecule has 0 unspecified atom stereocenters. The number of hydrogen-bond acceptors (Lipinski definition) is 3. The predicted octanol–water partition coefficient (Wildman–Crippen LogP) is 0.168. The van der Waals surface area contributed by atoms with E-state index in [1.54, 1.807) is 12.5 Å². The Morgan fingerprint density at radius 2 is 2.43 bits per heavy atom. The van der Waals surface area contributed by atoms with Crippen LogP contribution in [0.4, 0.5) is 0 Å². The van der Waals surface area contributed by atoms with E-state index in [0.717, 1.165) is 18.7 Å². The second-order valence-electron chi connectivity index (χ2n) is 3.29. The summed E-state index contributed by atoms with van der Waals surface area (Å²) in [6.45, 7) is 2.94. The molecule has 1 aromatic heterocycles. The van der Waals surface area contributed by atoms with Gasteiger partial charge in [-0.2, -0.15) is 0 Å². The maximum absolute atomic E-state index is 10.7. The molecule has 14 heavy (non-hydrogen) atoms. The van der Waals surface area contributed by atoms with Crippen LogP contribution in [0.2, 0.25) is 0 Å². The number of nitrogens with two attached hydrogens (primary N) is 2. The summed E-state index contributed by atoms with van der Waals surface area (Å²) in [7, 11) is 0. The van der Waals surface area contributed by atoms with Crippen molar-refractivity contribution in [2.45, 2.75) is 32.4 Å². The van der Waals surface area contributed by atoms with Gasteiger partial charge in [0, 0.05) is 19.2 Å². The third-order valence-corrected chi connectivity index (χ3v) is 2.01. The second-order valence-corrected chi connectivity index (χ2v) is 3.29. The Morgan fingerprint density at radius 1 is 1.71 bits per heavy atom. The number of rotatable bonds is 5. The van der Waals surface area contributed by atoms with E-state index in [1.807, 2.05) is 4.57 Å². The summed E-state index contributed by atoms with van der Waals surface area (Å²) >= 11 is 0. The topological polar surface area (TPSA) is 86.9 Å². The Hall–Kier alpha value is -1.36. The first-order chi connectivity index (χ1) is 6.65. The smallest absolute Gasteiger partial charge is 0.219 e. The van der Waals surface area contributed by atoms with E-state index in [1.165, 1.54) is 0 Å². The maximum Gasteiger partial charge on any atom is 0.219 e. The number of hydrogen-bond donors (Lipinski definition) is 2. The lowest BCUT2D eigenvalue weighted by Crippen LogP contribution is -2.22. The molecule has 0 aliphatic heterocycles. The Morgan fingerprint density at radius 3 is 3.00 bits per heavy atom. The SMILES string of the molecule is CCCn1cncc1[C@@H](N)CC(N)=O. The van der Waals surface area contributed by atoms with Crippen molar-refractivity contribution >= 4 is 5.91 Å². The fourth-order valence-electron chi connectivity index (χ4n) is 1.39. The van der Waals surface area contributed by atoms with E-state index in [9.17, 15) is 4.79 Å². The van der Waals surface area contributed by atoms with Gasteiger partial charge >= 0.3 is 0 Å². The number of aromatic nitrogens is 2. The van der Waals surface area contributed by atoms with Crippen molar-refractivity contribution < 1.29 is 4.79 Å². The number of nitrogens with zero attached hydrogens (tertiary/aromatic N) is 2. The van der Waals surface area contributed by atoms with Crippen molar-refractivity contribution in [3.63, 3.8) is 0 Å². The molecule has 0 aliphatic carbocycles. The molecule has 0 radical (unpaired) electrons. The minimum atomic E-state index is -0.387. The monoisotopic (exact) mass is 196 g/mol. The summed E-state index contributed by atoms with van der Waals surface area (Å²) in [6.07, 6.45) is 4.57. The highest BCUT2D eigenvalue weighted by atomic mass is 16.1. The average molecular weight is 196 g/mol. The highest BCUT2D eigenvalue weighted by Crippen LogP contribution is 2.13. The first kappa shape index (κ1) is 10.7. The molecule has 1 aromatic rings. The molecular formula is C9H16N4O. The number of primary amides is 1. The molecule has 1 atom stereocenters. The van der Waals surface area contributed by atoms with E-state index in [-0.39, 0.29) is 18.4 Å². The summed E-state index contributed by atoms with van der Waals surface area (Å²) in [4.78, 5) is 14.7. The summed E-state index contributed by atoms with van der Waals surface area (Å²) in [5, 5.41) is 0. The molecule has 0 aromatic carbocycles. The maximum atomic E-state index is 10.7. The summed E-state index contributed by atoms with van der Waals surface area (Å²) in [5.41, 5.74) is 11.8. The first-order valence-electron chi connectivity index (χ1n) is 4.69. The second kappa shape index (κ2) is 4.76. The van der Waals surface area contributed by atoms with Crippen molar-refractivity contribution in [1.29, 1.82) is 0 Å². The minimum absolute atomic E-state index is 0.162. The molecule has 5 heteroatoms. The lowest BCUT2D eigenvalue weighted by molar-refractivity contribution is -0.118. The Labute approximate surface area is 83.1 Å². The molecular weight excluding hydrogens is 180 g/mol. The molecule has 0 saturated heterocycles. The Balaban J connectivity index is 2.72. The lowest BCUT2D eigenvalue weighted by atomic mass is 10.1. The first-order valence-corrected chi connectivity index (χ1v) is 4.69. The van der Waals surface area contributed by atoms with Gasteiger partial charge in [0.1, 0.15) is 0 Å². The van der Waals surface area contributed by atoms with Crippen LogP contribution in [0.1, 0.15) is 31.5 Å². The van der Waals surface area contributed by atoms with E-state index in [0.29, 0.717) is 0 Å². The van der Waals surface area contributed by atoms with Gasteiger partial charge in [0.25, 0.3) is 0 Å². The summed E-state index contributed by atoms with van der Waals surface area (Å²) in [6, 6.07) is -0.346. The third kappa shape index (κ3) is 2.56. The van der Waals surface area contributed by atoms with Crippen molar-refractivity contribution in [1.82, 2.24) is 9.55 Å². The normalized spacial score (nSPS) is 12.7. The standard InChI is InChI=1S/C9H16N4O/c1-2-3-13-6-12-5-8(13)7(10)4-9(11)14/h5-7H,2-4,10H2,1H3,(H2,11,14)/t7-/m0/s1. The van der Waals surface area contributed by atoms with E-state index >= 15 is 0 Å². The quantitative estimate of drug-likeness (QED) is 0.703. The van der Waals surface area contributed by atoms with Crippen LogP contribution in [0.25, 0.3) is 0 Å². The van der Waals surface area contributed by atoms with Gasteiger partial charge < -0.3 is 16.0 Å². The molecule has 1 heterocycles. The van der Waals surface area contributed by atoms with Crippen LogP contribution < -0.4 is 11.5 Å². The van der Waals surface area contributed by atoms with Gasteiger partial charge in [0.15, 0.2) is 0 Å². The van der Waals surface area contributed by atoms with Crippen LogP contribution in [0.3, 0.4) is 0 Å². The molecule has 0 spiro atoms. The third-order valence-electron chi connectivity index (χ3n) is 2.01. The van der Waals surface area contributed by atoms with E-state index in [4.69, 9.17) is 11.5 Å². The molecule has 0 saturated carbocycles. The number of aryl methyl sites for hydroxylation is 1. The summed E-state index contributed by atoms with van der Waals surface area (Å²) in [5.74, 6) is -0.387. The number of carbonyl (C=O) groups excluding carboxylic acids is 1. The van der Waals surface area contributed by atoms with Crippen LogP contribution in [0, 0.1) is 0 Å². The molecule has 4 N–H and O–H groups in total. The lowest BCUT2D eigenvalue weighted by Gasteiger charge is -2.12. The van der Waals surface area contributed by atoms with Crippen molar-refractivity contribution in [2.75, 3.05) is 0 Å². The molecule has 1 rings (SSSR count). The van der Waals surface area contributed by atoms with Crippen LogP contribution in [-0.4, -0.2) is 15.5 Å². The molecule has 78 valence electrons. The van der Waals surface area contributed by atoms with Gasteiger partial charge in [-0.05, 0) is 6.42 Å². The summed E-state index contributed by atoms with van der Waals surface area (Å²) < 4.78 is 1.95. The molecule has 0 aliphatic rings. The van der Waals surface area contributed by atoms with Gasteiger partial charge in [0.2, 0.25) is 5.91 Å². The van der Waals surface area contributed by atoms with Crippen molar-refractivity contribution in [3.05, 3.63) is 18.2 Å². The molecule has 1 amide bonds. The van der Waals surface area contributed by atoms with E-state index in [2.05, 4.69) is 11.9 Å². The Kier molecular flexibility index (Phi) is 3.64. The van der Waals surface area contributed by atoms with Gasteiger partial charge in [0.05, 0.1) is 18.1 Å². The average Bonchev–Trinajstić information content (AvgIpc) is 2.51. The largest absolute Gasteiger partial charge is 0.370 e. The minimum Gasteiger partial charge on any atom is -0.370 e. The number of imidazole rings is 1. The van der Waals surface area contributed by atoms with Crippen LogP contribution in [-0.2, 0) is 11.3 Å². The fraction of sp³-hybridized carbons (Fsp3) is 0.556. The predicted molar refractivity (Wildman–Crippen MR) is 53.3 cm³/mol. The van der Waals surface area contributed by atoms with Gasteiger partial charge in [-0.1, -0.05) is 6.92 Å². The zero-order chi connectivity index (χ0) is 10.6. The number of amides is 1. The molecule has 0 bridgehead atoms. The Bertz CT molecular complexity index is 308. The zero-order valence-corrected chi connectivity index (χ0v) is 8.31. The molecule has 0 fully saturated rings. The van der Waals surface area contributed by atoms with Crippen molar-refractivity contribution in [2.24, 2.45) is 11.5 Å². The highest BCUT2D eigenvalue weighted by molar-refractivity contribution is 5.74. The molecule has 5 nitrogen and oxygen atoms in total. The van der Waals surface area contributed by atoms with Crippen LogP contribution in [0.15, 0.2) is 12.5 Å².